The molecule has 30 heavy (non-hydrogen) atoms. The lowest BCUT2D eigenvalue weighted by molar-refractivity contribution is -0.133. The van der Waals surface area contributed by atoms with E-state index in [1.807, 2.05) is 23.1 Å². The van der Waals surface area contributed by atoms with Gasteiger partial charge in [0, 0.05) is 26.4 Å². The first-order chi connectivity index (χ1) is 14.4. The molecule has 2 saturated heterocycles. The summed E-state index contributed by atoms with van der Waals surface area (Å²) in [4.78, 5) is 34.6. The maximum Gasteiger partial charge on any atom is 0.276 e. The van der Waals surface area contributed by atoms with E-state index in [4.69, 9.17) is 4.42 Å². The molecule has 6 nitrogen and oxygen atoms in total. The minimum absolute atomic E-state index is 0.0148. The van der Waals surface area contributed by atoms with Gasteiger partial charge in [0.05, 0.1) is 11.6 Å². The first-order valence-corrected chi connectivity index (χ1v) is 11.0. The van der Waals surface area contributed by atoms with Gasteiger partial charge >= 0.3 is 0 Å². The molecule has 4 rings (SSSR count). The Labute approximate surface area is 178 Å². The van der Waals surface area contributed by atoms with Crippen molar-refractivity contribution < 1.29 is 14.0 Å². The Kier molecular flexibility index (Phi) is 5.67. The third-order valence-electron chi connectivity index (χ3n) is 6.83. The molecule has 3 atom stereocenters. The minimum atomic E-state index is -0.421. The quantitative estimate of drug-likeness (QED) is 0.769. The summed E-state index contributed by atoms with van der Waals surface area (Å²) in [5.41, 5.74) is 1.15. The van der Waals surface area contributed by atoms with Gasteiger partial charge in [0.2, 0.25) is 5.91 Å². The van der Waals surface area contributed by atoms with E-state index >= 15 is 0 Å². The van der Waals surface area contributed by atoms with Crippen molar-refractivity contribution in [1.82, 2.24) is 14.8 Å². The van der Waals surface area contributed by atoms with Crippen LogP contribution in [-0.2, 0) is 11.2 Å². The van der Waals surface area contributed by atoms with Gasteiger partial charge in [0.25, 0.3) is 5.91 Å². The Hall–Kier alpha value is -2.63. The van der Waals surface area contributed by atoms with Crippen LogP contribution in [0.4, 0.5) is 0 Å². The van der Waals surface area contributed by atoms with E-state index in [1.165, 1.54) is 11.8 Å². The van der Waals surface area contributed by atoms with Gasteiger partial charge in [-0.1, -0.05) is 43.2 Å². The summed E-state index contributed by atoms with van der Waals surface area (Å²) in [7, 11) is 0. The molecule has 2 aliphatic rings. The maximum atomic E-state index is 13.5. The van der Waals surface area contributed by atoms with Gasteiger partial charge < -0.3 is 14.2 Å². The van der Waals surface area contributed by atoms with Crippen LogP contribution in [0.15, 0.2) is 41.0 Å². The minimum Gasteiger partial charge on any atom is -0.448 e. The molecule has 0 aliphatic carbocycles. The third kappa shape index (κ3) is 3.75. The monoisotopic (exact) mass is 409 g/mol. The first-order valence-electron chi connectivity index (χ1n) is 11.0. The highest BCUT2D eigenvalue weighted by Gasteiger charge is 2.54. The number of fused-ring (bicyclic) bond motifs is 1. The number of hydrogen-bond donors (Lipinski definition) is 0. The summed E-state index contributed by atoms with van der Waals surface area (Å²) in [6.07, 6.45) is 7.05. The van der Waals surface area contributed by atoms with Gasteiger partial charge in [0.1, 0.15) is 6.26 Å². The zero-order valence-corrected chi connectivity index (χ0v) is 18.1. The second kappa shape index (κ2) is 8.25. The molecule has 1 aromatic carbocycles. The van der Waals surface area contributed by atoms with Gasteiger partial charge in [-0.25, -0.2) is 4.98 Å². The second-order valence-electron chi connectivity index (χ2n) is 8.90. The molecule has 0 spiro atoms. The fourth-order valence-corrected chi connectivity index (χ4v) is 5.51. The van der Waals surface area contributed by atoms with Crippen LogP contribution in [0.25, 0.3) is 0 Å². The zero-order valence-electron chi connectivity index (χ0n) is 18.1. The van der Waals surface area contributed by atoms with Crippen LogP contribution in [0.5, 0.6) is 0 Å². The number of hydrogen-bond acceptors (Lipinski definition) is 4. The Morgan fingerprint density at radius 1 is 1.20 bits per heavy atom. The van der Waals surface area contributed by atoms with E-state index < -0.39 is 5.54 Å². The Morgan fingerprint density at radius 3 is 2.63 bits per heavy atom. The number of carbonyl (C=O) groups is 2. The summed E-state index contributed by atoms with van der Waals surface area (Å²) in [6, 6.07) is 10.4. The molecule has 2 amide bonds. The highest BCUT2D eigenvalue weighted by molar-refractivity contribution is 5.92. The summed E-state index contributed by atoms with van der Waals surface area (Å²) in [5.74, 6) is 0.492. The van der Waals surface area contributed by atoms with Gasteiger partial charge in [-0.15, -0.1) is 0 Å². The number of carbonyl (C=O) groups excluding carboxylic acids is 2. The lowest BCUT2D eigenvalue weighted by Gasteiger charge is -2.45. The van der Waals surface area contributed by atoms with Crippen LogP contribution in [0.3, 0.4) is 0 Å². The molecule has 2 aromatic rings. The van der Waals surface area contributed by atoms with Crippen molar-refractivity contribution in [3.63, 3.8) is 0 Å². The van der Waals surface area contributed by atoms with Crippen molar-refractivity contribution >= 4 is 11.8 Å². The molecule has 3 heterocycles. The molecular weight excluding hydrogens is 378 g/mol. The van der Waals surface area contributed by atoms with Crippen molar-refractivity contribution in [2.45, 2.75) is 76.9 Å². The van der Waals surface area contributed by atoms with Crippen molar-refractivity contribution in [2.24, 2.45) is 0 Å². The van der Waals surface area contributed by atoms with E-state index in [0.717, 1.165) is 38.5 Å². The summed E-state index contributed by atoms with van der Waals surface area (Å²) < 4.78 is 5.31. The molecule has 2 aliphatic heterocycles. The average Bonchev–Trinajstić information content (AvgIpc) is 3.25. The van der Waals surface area contributed by atoms with Crippen molar-refractivity contribution in [3.8, 4) is 0 Å². The number of likely N-dealkylation sites (tertiary alicyclic amines) is 2. The molecule has 0 unspecified atom stereocenters. The number of amides is 2. The van der Waals surface area contributed by atoms with Crippen molar-refractivity contribution in [1.29, 1.82) is 0 Å². The van der Waals surface area contributed by atoms with Crippen LogP contribution in [0, 0.1) is 6.92 Å². The SMILES string of the molecule is CC(=O)N1[C@H](Cc2ccccc2)C[C@@]2(C)[C@@H]1CCCCCN2C(=O)c1coc(C)n1. The zero-order chi connectivity index (χ0) is 21.3. The lowest BCUT2D eigenvalue weighted by Crippen LogP contribution is -2.58. The van der Waals surface area contributed by atoms with Crippen molar-refractivity contribution in [2.75, 3.05) is 6.54 Å². The van der Waals surface area contributed by atoms with E-state index in [-0.39, 0.29) is 23.9 Å². The van der Waals surface area contributed by atoms with E-state index in [0.29, 0.717) is 18.1 Å². The number of benzene rings is 1. The third-order valence-corrected chi connectivity index (χ3v) is 6.83. The number of nitrogens with zero attached hydrogens (tertiary/aromatic N) is 3. The predicted octanol–water partition coefficient (Wildman–Crippen LogP) is 3.99. The smallest absolute Gasteiger partial charge is 0.276 e. The topological polar surface area (TPSA) is 66.7 Å². The van der Waals surface area contributed by atoms with E-state index in [9.17, 15) is 9.59 Å². The van der Waals surface area contributed by atoms with Crippen molar-refractivity contribution in [3.05, 3.63) is 53.7 Å². The average molecular weight is 410 g/mol. The van der Waals surface area contributed by atoms with Gasteiger partial charge in [0.15, 0.2) is 11.6 Å². The number of oxazole rings is 1. The standard InChI is InChI=1S/C24H31N3O3/c1-17-25-21(16-30-17)23(29)26-13-9-5-8-12-22-24(26,3)15-20(27(22)18(2)28)14-19-10-6-4-7-11-19/h4,6-7,10-11,16,20,22H,5,8-9,12-15H2,1-3H3/t20-,22+,24+/m1/s1. The molecule has 160 valence electrons. The summed E-state index contributed by atoms with van der Waals surface area (Å²) >= 11 is 0. The molecule has 6 heteroatoms. The Balaban J connectivity index is 1.70. The maximum absolute atomic E-state index is 13.5. The Bertz CT molecular complexity index is 909. The van der Waals surface area contributed by atoms with E-state index in [2.05, 4.69) is 28.9 Å². The van der Waals surface area contributed by atoms with Crippen LogP contribution >= 0.6 is 0 Å². The normalized spacial score (nSPS) is 26.8. The summed E-state index contributed by atoms with van der Waals surface area (Å²) in [6.45, 7) is 6.25. The highest BCUT2D eigenvalue weighted by Crippen LogP contribution is 2.43. The molecule has 0 N–H and O–H groups in total. The molecule has 0 radical (unpaired) electrons. The highest BCUT2D eigenvalue weighted by atomic mass is 16.3. The van der Waals surface area contributed by atoms with Gasteiger partial charge in [-0.2, -0.15) is 0 Å². The van der Waals surface area contributed by atoms with Crippen LogP contribution in [-0.4, -0.2) is 50.8 Å². The number of aryl methyl sites for hydroxylation is 1. The molecule has 0 bridgehead atoms. The molecular formula is C24H31N3O3. The van der Waals surface area contributed by atoms with Crippen LogP contribution in [0.1, 0.15) is 67.9 Å². The second-order valence-corrected chi connectivity index (χ2v) is 8.90. The lowest BCUT2D eigenvalue weighted by atomic mass is 9.83. The van der Waals surface area contributed by atoms with Gasteiger partial charge in [-0.05, 0) is 38.2 Å². The largest absolute Gasteiger partial charge is 0.448 e. The fraction of sp³-hybridized carbons (Fsp3) is 0.542. The van der Waals surface area contributed by atoms with Crippen LogP contribution in [0.2, 0.25) is 0 Å². The molecule has 2 fully saturated rings. The first kappa shape index (κ1) is 20.6. The molecule has 0 saturated carbocycles. The Morgan fingerprint density at radius 2 is 1.97 bits per heavy atom. The van der Waals surface area contributed by atoms with E-state index in [1.54, 1.807) is 13.8 Å². The number of aromatic nitrogens is 1. The van der Waals surface area contributed by atoms with Crippen LogP contribution < -0.4 is 0 Å². The fourth-order valence-electron chi connectivity index (χ4n) is 5.51. The molecule has 1 aromatic heterocycles. The predicted molar refractivity (Wildman–Crippen MR) is 114 cm³/mol. The number of rotatable bonds is 3. The summed E-state index contributed by atoms with van der Waals surface area (Å²) in [5, 5.41) is 0. The van der Waals surface area contributed by atoms with Gasteiger partial charge in [-0.3, -0.25) is 9.59 Å².